The largest absolute Gasteiger partial charge is 0.495 e. The highest BCUT2D eigenvalue weighted by molar-refractivity contribution is 6.32. The molecule has 0 spiro atoms. The van der Waals surface area contributed by atoms with E-state index in [0.717, 1.165) is 6.20 Å². The maximum absolute atomic E-state index is 11.8. The summed E-state index contributed by atoms with van der Waals surface area (Å²) in [6.45, 7) is 0. The number of hydrogen-bond donors (Lipinski definition) is 2. The second-order valence-corrected chi connectivity index (χ2v) is 3.78. The molecule has 2 N–H and O–H groups in total. The van der Waals surface area contributed by atoms with Crippen molar-refractivity contribution in [3.8, 4) is 5.75 Å². The number of fused-ring (bicyclic) bond motifs is 1. The number of methoxy groups -OCH3 is 1. The first-order valence-corrected chi connectivity index (χ1v) is 5.04. The zero-order valence-corrected chi connectivity index (χ0v) is 9.54. The minimum Gasteiger partial charge on any atom is -0.495 e. The number of halogens is 1. The summed E-state index contributed by atoms with van der Waals surface area (Å²) in [5.41, 5.74) is -0.421. The Morgan fingerprint density at radius 3 is 2.76 bits per heavy atom. The predicted molar refractivity (Wildman–Crippen MR) is 63.1 cm³/mol. The normalized spacial score (nSPS) is 10.5. The summed E-state index contributed by atoms with van der Waals surface area (Å²) in [5, 5.41) is 9.29. The summed E-state index contributed by atoms with van der Waals surface area (Å²) in [7, 11) is 1.46. The second-order valence-electron chi connectivity index (χ2n) is 3.37. The van der Waals surface area contributed by atoms with Gasteiger partial charge in [0.2, 0.25) is 5.43 Å². The molecule has 0 radical (unpaired) electrons. The molecular formula is C11H8ClNO4. The lowest BCUT2D eigenvalue weighted by Gasteiger charge is -2.05. The minimum atomic E-state index is -1.28. The van der Waals surface area contributed by atoms with Crippen LogP contribution < -0.4 is 10.2 Å². The van der Waals surface area contributed by atoms with E-state index in [-0.39, 0.29) is 16.0 Å². The molecule has 0 fully saturated rings. The van der Waals surface area contributed by atoms with E-state index < -0.39 is 11.4 Å². The highest BCUT2D eigenvalue weighted by Crippen LogP contribution is 2.27. The summed E-state index contributed by atoms with van der Waals surface area (Å²) in [6.07, 6.45) is 1.15. The second kappa shape index (κ2) is 4.10. The maximum Gasteiger partial charge on any atom is 0.341 e. The van der Waals surface area contributed by atoms with Crippen LogP contribution in [0.15, 0.2) is 23.1 Å². The summed E-state index contributed by atoms with van der Waals surface area (Å²) >= 11 is 5.88. The number of aromatic carboxylic acids is 1. The van der Waals surface area contributed by atoms with Gasteiger partial charge < -0.3 is 14.8 Å². The van der Waals surface area contributed by atoms with Crippen molar-refractivity contribution in [2.75, 3.05) is 7.11 Å². The van der Waals surface area contributed by atoms with Crippen LogP contribution in [0.1, 0.15) is 10.4 Å². The van der Waals surface area contributed by atoms with E-state index in [9.17, 15) is 9.59 Å². The van der Waals surface area contributed by atoms with Crippen LogP contribution in [0.5, 0.6) is 5.75 Å². The molecule has 2 aromatic rings. The molecule has 0 unspecified atom stereocenters. The van der Waals surface area contributed by atoms with Crippen molar-refractivity contribution in [3.63, 3.8) is 0 Å². The van der Waals surface area contributed by atoms with E-state index in [1.54, 1.807) is 6.07 Å². The van der Waals surface area contributed by atoms with E-state index in [2.05, 4.69) is 4.98 Å². The Morgan fingerprint density at radius 1 is 1.47 bits per heavy atom. The number of ether oxygens (including phenoxy) is 1. The highest BCUT2D eigenvalue weighted by Gasteiger charge is 2.13. The van der Waals surface area contributed by atoms with Crippen LogP contribution in [-0.2, 0) is 0 Å². The fourth-order valence-corrected chi connectivity index (χ4v) is 1.78. The number of rotatable bonds is 2. The minimum absolute atomic E-state index is 0.218. The van der Waals surface area contributed by atoms with Crippen molar-refractivity contribution < 1.29 is 14.6 Å². The van der Waals surface area contributed by atoms with Gasteiger partial charge in [0.1, 0.15) is 11.3 Å². The first-order chi connectivity index (χ1) is 8.04. The standard InChI is InChI=1S/C11H8ClNO4/c1-17-9-3-8-5(2-7(9)12)10(14)6(4-13-8)11(15)16/h2-4H,1H3,(H,13,14)(H,15,16). The molecular weight excluding hydrogens is 246 g/mol. The number of aromatic nitrogens is 1. The zero-order chi connectivity index (χ0) is 12.6. The van der Waals surface area contributed by atoms with Crippen molar-refractivity contribution in [2.45, 2.75) is 0 Å². The molecule has 1 aromatic carbocycles. The van der Waals surface area contributed by atoms with Crippen LogP contribution in [0.4, 0.5) is 0 Å². The topological polar surface area (TPSA) is 79.4 Å². The van der Waals surface area contributed by atoms with E-state index >= 15 is 0 Å². The van der Waals surface area contributed by atoms with Gasteiger partial charge in [0, 0.05) is 17.6 Å². The number of benzene rings is 1. The lowest BCUT2D eigenvalue weighted by Crippen LogP contribution is -2.15. The number of carboxylic acid groups (broad SMARTS) is 1. The monoisotopic (exact) mass is 253 g/mol. The summed E-state index contributed by atoms with van der Waals surface area (Å²) in [4.78, 5) is 25.3. The summed E-state index contributed by atoms with van der Waals surface area (Å²) in [5.74, 6) is -0.863. The van der Waals surface area contributed by atoms with Crippen LogP contribution in [0.2, 0.25) is 5.02 Å². The lowest BCUT2D eigenvalue weighted by molar-refractivity contribution is 0.0695. The van der Waals surface area contributed by atoms with Gasteiger partial charge in [0.15, 0.2) is 0 Å². The summed E-state index contributed by atoms with van der Waals surface area (Å²) < 4.78 is 5.00. The number of H-pyrrole nitrogens is 1. The smallest absolute Gasteiger partial charge is 0.341 e. The van der Waals surface area contributed by atoms with E-state index in [4.69, 9.17) is 21.4 Å². The fourth-order valence-electron chi connectivity index (χ4n) is 1.54. The van der Waals surface area contributed by atoms with Gasteiger partial charge in [-0.15, -0.1) is 0 Å². The average Bonchev–Trinajstić information content (AvgIpc) is 2.29. The molecule has 0 bridgehead atoms. The Kier molecular flexibility index (Phi) is 2.77. The molecule has 0 amide bonds. The van der Waals surface area contributed by atoms with E-state index in [1.165, 1.54) is 13.2 Å². The van der Waals surface area contributed by atoms with Crippen LogP contribution in [0, 0.1) is 0 Å². The molecule has 1 aromatic heterocycles. The number of hydrogen-bond acceptors (Lipinski definition) is 3. The van der Waals surface area contributed by atoms with Crippen molar-refractivity contribution in [2.24, 2.45) is 0 Å². The molecule has 0 aliphatic carbocycles. The van der Waals surface area contributed by atoms with Gasteiger partial charge in [-0.05, 0) is 6.07 Å². The van der Waals surface area contributed by atoms with Gasteiger partial charge in [-0.3, -0.25) is 4.79 Å². The number of nitrogens with one attached hydrogen (secondary N) is 1. The van der Waals surface area contributed by atoms with Gasteiger partial charge >= 0.3 is 5.97 Å². The van der Waals surface area contributed by atoms with Gasteiger partial charge in [-0.2, -0.15) is 0 Å². The Hall–Kier alpha value is -2.01. The van der Waals surface area contributed by atoms with Crippen LogP contribution in [0.3, 0.4) is 0 Å². The Labute approximate surface area is 101 Å². The van der Waals surface area contributed by atoms with Crippen LogP contribution in [-0.4, -0.2) is 23.2 Å². The van der Waals surface area contributed by atoms with Crippen LogP contribution in [0.25, 0.3) is 10.9 Å². The molecule has 0 atom stereocenters. The summed E-state index contributed by atoms with van der Waals surface area (Å²) in [6, 6.07) is 2.94. The van der Waals surface area contributed by atoms with Gasteiger partial charge in [0.25, 0.3) is 0 Å². The van der Waals surface area contributed by atoms with Crippen molar-refractivity contribution in [1.29, 1.82) is 0 Å². The van der Waals surface area contributed by atoms with Crippen molar-refractivity contribution in [1.82, 2.24) is 4.98 Å². The third-order valence-corrected chi connectivity index (χ3v) is 2.68. The molecule has 0 aliphatic rings. The molecule has 2 rings (SSSR count). The molecule has 17 heavy (non-hydrogen) atoms. The molecule has 0 saturated carbocycles. The first-order valence-electron chi connectivity index (χ1n) is 4.67. The quantitative estimate of drug-likeness (QED) is 0.857. The Balaban J connectivity index is 2.83. The molecule has 5 nitrogen and oxygen atoms in total. The SMILES string of the molecule is COc1cc2[nH]cc(C(=O)O)c(=O)c2cc1Cl. The fraction of sp³-hybridized carbons (Fsp3) is 0.0909. The Bertz CT molecular complexity index is 662. The number of pyridine rings is 1. The molecule has 0 saturated heterocycles. The number of aromatic amines is 1. The Morgan fingerprint density at radius 2 is 2.18 bits per heavy atom. The van der Waals surface area contributed by atoms with Gasteiger partial charge in [-0.25, -0.2) is 4.79 Å². The third kappa shape index (κ3) is 1.85. The van der Waals surface area contributed by atoms with Crippen molar-refractivity contribution in [3.05, 3.63) is 39.1 Å². The average molecular weight is 254 g/mol. The third-order valence-electron chi connectivity index (χ3n) is 2.38. The molecule has 0 aliphatic heterocycles. The molecule has 1 heterocycles. The lowest BCUT2D eigenvalue weighted by atomic mass is 10.1. The zero-order valence-electron chi connectivity index (χ0n) is 8.78. The van der Waals surface area contributed by atoms with Crippen LogP contribution >= 0.6 is 11.6 Å². The maximum atomic E-state index is 11.8. The molecule has 88 valence electrons. The van der Waals surface area contributed by atoms with E-state index in [0.29, 0.717) is 11.3 Å². The van der Waals surface area contributed by atoms with E-state index in [1.807, 2.05) is 0 Å². The highest BCUT2D eigenvalue weighted by atomic mass is 35.5. The number of carboxylic acids is 1. The van der Waals surface area contributed by atoms with Gasteiger partial charge in [-0.1, -0.05) is 11.6 Å². The van der Waals surface area contributed by atoms with Gasteiger partial charge in [0.05, 0.1) is 17.6 Å². The molecule has 6 heteroatoms. The number of carbonyl (C=O) groups is 1. The first kappa shape index (κ1) is 11.5. The van der Waals surface area contributed by atoms with Crippen molar-refractivity contribution >= 4 is 28.5 Å². The predicted octanol–water partition coefficient (Wildman–Crippen LogP) is 1.89.